The minimum Gasteiger partial charge on any atom is -0.449 e. The Morgan fingerprint density at radius 2 is 1.76 bits per heavy atom. The number of esters is 1. The van der Waals surface area contributed by atoms with E-state index >= 15 is 0 Å². The molecule has 0 heterocycles. The van der Waals surface area contributed by atoms with E-state index in [9.17, 15) is 22.4 Å². The van der Waals surface area contributed by atoms with Gasteiger partial charge in [0.15, 0.2) is 6.10 Å². The monoisotopic (exact) mass is 422 g/mol. The maximum absolute atomic E-state index is 13.6. The van der Waals surface area contributed by atoms with Gasteiger partial charge in [0, 0.05) is 11.7 Å². The zero-order valence-electron chi connectivity index (χ0n) is 16.5. The van der Waals surface area contributed by atoms with Crippen molar-refractivity contribution in [1.82, 2.24) is 4.72 Å². The van der Waals surface area contributed by atoms with Crippen LogP contribution in [-0.2, 0) is 19.6 Å². The molecule has 0 bridgehead atoms. The SMILES string of the molecule is Cc1ccc(NC(=O)C(C)OC(=O)c2cccc(S(=O)(=O)NC(C)C)c2)cc1F. The van der Waals surface area contributed by atoms with E-state index in [-0.39, 0.29) is 22.2 Å². The Labute approximate surface area is 169 Å². The van der Waals surface area contributed by atoms with Gasteiger partial charge >= 0.3 is 5.97 Å². The van der Waals surface area contributed by atoms with Crippen molar-refractivity contribution in [1.29, 1.82) is 0 Å². The summed E-state index contributed by atoms with van der Waals surface area (Å²) in [4.78, 5) is 24.5. The third-order valence-electron chi connectivity index (χ3n) is 3.86. The summed E-state index contributed by atoms with van der Waals surface area (Å²) in [6, 6.07) is 9.21. The number of ether oxygens (including phenoxy) is 1. The predicted octanol–water partition coefficient (Wildman–Crippen LogP) is 3.00. The van der Waals surface area contributed by atoms with Crippen molar-refractivity contribution in [2.24, 2.45) is 0 Å². The summed E-state index contributed by atoms with van der Waals surface area (Å²) in [5, 5.41) is 2.46. The number of sulfonamides is 1. The Morgan fingerprint density at radius 1 is 1.07 bits per heavy atom. The molecule has 1 unspecified atom stereocenters. The molecule has 1 amide bonds. The highest BCUT2D eigenvalue weighted by molar-refractivity contribution is 7.89. The first-order valence-electron chi connectivity index (χ1n) is 8.90. The van der Waals surface area contributed by atoms with Gasteiger partial charge in [-0.1, -0.05) is 12.1 Å². The Morgan fingerprint density at radius 3 is 2.38 bits per heavy atom. The van der Waals surface area contributed by atoms with Gasteiger partial charge < -0.3 is 10.1 Å². The van der Waals surface area contributed by atoms with Crippen LogP contribution >= 0.6 is 0 Å². The van der Waals surface area contributed by atoms with E-state index in [0.717, 1.165) is 6.07 Å². The van der Waals surface area contributed by atoms with Gasteiger partial charge in [0.2, 0.25) is 10.0 Å². The van der Waals surface area contributed by atoms with E-state index in [1.807, 2.05) is 0 Å². The van der Waals surface area contributed by atoms with E-state index in [1.54, 1.807) is 20.8 Å². The first kappa shape index (κ1) is 22.5. The topological polar surface area (TPSA) is 102 Å². The lowest BCUT2D eigenvalue weighted by Gasteiger charge is -2.14. The number of anilines is 1. The average molecular weight is 422 g/mol. The highest BCUT2D eigenvalue weighted by Crippen LogP contribution is 2.16. The number of hydrogen-bond donors (Lipinski definition) is 2. The van der Waals surface area contributed by atoms with Crippen LogP contribution in [0.25, 0.3) is 0 Å². The maximum Gasteiger partial charge on any atom is 0.338 e. The fraction of sp³-hybridized carbons (Fsp3) is 0.300. The van der Waals surface area contributed by atoms with E-state index < -0.39 is 33.8 Å². The number of hydrogen-bond acceptors (Lipinski definition) is 5. The number of rotatable bonds is 7. The van der Waals surface area contributed by atoms with Crippen molar-refractivity contribution in [3.63, 3.8) is 0 Å². The van der Waals surface area contributed by atoms with Gasteiger partial charge in [0.1, 0.15) is 5.82 Å². The fourth-order valence-corrected chi connectivity index (χ4v) is 3.66. The molecular weight excluding hydrogens is 399 g/mol. The molecule has 156 valence electrons. The minimum atomic E-state index is -3.78. The second-order valence-electron chi connectivity index (χ2n) is 6.80. The van der Waals surface area contributed by atoms with Crippen LogP contribution in [0.2, 0.25) is 0 Å². The third-order valence-corrected chi connectivity index (χ3v) is 5.52. The van der Waals surface area contributed by atoms with Gasteiger partial charge in [-0.15, -0.1) is 0 Å². The molecule has 0 fully saturated rings. The van der Waals surface area contributed by atoms with E-state index in [1.165, 1.54) is 43.3 Å². The van der Waals surface area contributed by atoms with Crippen LogP contribution in [0.5, 0.6) is 0 Å². The Bertz CT molecular complexity index is 1020. The molecule has 0 aliphatic rings. The number of carbonyl (C=O) groups excluding carboxylic acids is 2. The lowest BCUT2D eigenvalue weighted by Crippen LogP contribution is -2.31. The summed E-state index contributed by atoms with van der Waals surface area (Å²) in [5.41, 5.74) is 0.649. The van der Waals surface area contributed by atoms with Gasteiger partial charge in [-0.2, -0.15) is 0 Å². The molecule has 0 radical (unpaired) electrons. The van der Waals surface area contributed by atoms with Gasteiger partial charge in [-0.3, -0.25) is 4.79 Å². The van der Waals surface area contributed by atoms with Crippen LogP contribution in [0.1, 0.15) is 36.7 Å². The highest BCUT2D eigenvalue weighted by Gasteiger charge is 2.22. The molecule has 2 aromatic carbocycles. The number of benzene rings is 2. The molecule has 2 aromatic rings. The van der Waals surface area contributed by atoms with Crippen LogP contribution < -0.4 is 10.0 Å². The molecule has 0 saturated heterocycles. The number of aryl methyl sites for hydroxylation is 1. The molecule has 2 N–H and O–H groups in total. The van der Waals surface area contributed by atoms with E-state index in [2.05, 4.69) is 10.0 Å². The molecular formula is C20H23FN2O5S. The molecule has 0 aliphatic heterocycles. The predicted molar refractivity (Wildman–Crippen MR) is 107 cm³/mol. The summed E-state index contributed by atoms with van der Waals surface area (Å²) < 4.78 is 45.6. The minimum absolute atomic E-state index is 0.0161. The number of amides is 1. The van der Waals surface area contributed by atoms with Crippen LogP contribution in [-0.4, -0.2) is 32.4 Å². The van der Waals surface area contributed by atoms with Crippen molar-refractivity contribution in [2.45, 2.75) is 44.7 Å². The fourth-order valence-electron chi connectivity index (χ4n) is 2.37. The van der Waals surface area contributed by atoms with Crippen molar-refractivity contribution in [3.05, 3.63) is 59.4 Å². The van der Waals surface area contributed by atoms with E-state index in [0.29, 0.717) is 5.56 Å². The first-order valence-corrected chi connectivity index (χ1v) is 10.4. The number of carbonyl (C=O) groups is 2. The smallest absolute Gasteiger partial charge is 0.338 e. The first-order chi connectivity index (χ1) is 13.5. The van der Waals surface area contributed by atoms with Crippen LogP contribution in [0.15, 0.2) is 47.4 Å². The van der Waals surface area contributed by atoms with Crippen LogP contribution in [0.3, 0.4) is 0 Å². The summed E-state index contributed by atoms with van der Waals surface area (Å²) in [6.07, 6.45) is -1.18. The lowest BCUT2D eigenvalue weighted by molar-refractivity contribution is -0.123. The average Bonchev–Trinajstić information content (AvgIpc) is 2.63. The highest BCUT2D eigenvalue weighted by atomic mass is 32.2. The molecule has 0 spiro atoms. The van der Waals surface area contributed by atoms with Gasteiger partial charge in [0.25, 0.3) is 5.91 Å². The van der Waals surface area contributed by atoms with Gasteiger partial charge in [-0.25, -0.2) is 22.3 Å². The quantitative estimate of drug-likeness (QED) is 0.668. The second-order valence-corrected chi connectivity index (χ2v) is 8.52. The molecule has 0 aliphatic carbocycles. The second kappa shape index (κ2) is 9.15. The zero-order valence-corrected chi connectivity index (χ0v) is 17.3. The Balaban J connectivity index is 2.08. The van der Waals surface area contributed by atoms with Gasteiger partial charge in [-0.05, 0) is 63.6 Å². The standard InChI is InChI=1S/C20H23FN2O5S/c1-12(2)23-29(26,27)17-7-5-6-15(10-17)20(25)28-14(4)19(24)22-16-9-8-13(3)18(21)11-16/h5-12,14,23H,1-4H3,(H,22,24). The summed E-state index contributed by atoms with van der Waals surface area (Å²) in [5.74, 6) is -1.98. The number of nitrogens with one attached hydrogen (secondary N) is 2. The number of halogens is 1. The van der Waals surface area contributed by atoms with Crippen LogP contribution in [0, 0.1) is 12.7 Å². The Kier molecular flexibility index (Phi) is 7.10. The van der Waals surface area contributed by atoms with Crippen molar-refractivity contribution in [3.8, 4) is 0 Å². The molecule has 7 nitrogen and oxygen atoms in total. The molecule has 9 heteroatoms. The van der Waals surface area contributed by atoms with E-state index in [4.69, 9.17) is 4.74 Å². The maximum atomic E-state index is 13.6. The molecule has 0 aromatic heterocycles. The molecule has 29 heavy (non-hydrogen) atoms. The molecule has 1 atom stereocenters. The van der Waals surface area contributed by atoms with Crippen molar-refractivity contribution in [2.75, 3.05) is 5.32 Å². The largest absolute Gasteiger partial charge is 0.449 e. The van der Waals surface area contributed by atoms with Crippen molar-refractivity contribution >= 4 is 27.6 Å². The third kappa shape index (κ3) is 6.10. The van der Waals surface area contributed by atoms with Crippen LogP contribution in [0.4, 0.5) is 10.1 Å². The zero-order chi connectivity index (χ0) is 21.8. The normalized spacial score (nSPS) is 12.5. The molecule has 2 rings (SSSR count). The summed E-state index contributed by atoms with van der Waals surface area (Å²) in [7, 11) is -3.78. The molecule has 0 saturated carbocycles. The Hall–Kier alpha value is -2.78. The summed E-state index contributed by atoms with van der Waals surface area (Å²) >= 11 is 0. The lowest BCUT2D eigenvalue weighted by atomic mass is 10.2. The summed E-state index contributed by atoms with van der Waals surface area (Å²) in [6.45, 7) is 6.31. The van der Waals surface area contributed by atoms with Gasteiger partial charge in [0.05, 0.1) is 10.5 Å². The van der Waals surface area contributed by atoms with Crippen molar-refractivity contribution < 1.29 is 27.1 Å².